The maximum absolute atomic E-state index is 16.0. The molecule has 0 spiro atoms. The lowest BCUT2D eigenvalue weighted by Gasteiger charge is -2.38. The molecule has 7 nitrogen and oxygen atoms in total. The molecule has 1 amide bonds. The van der Waals surface area contributed by atoms with Crippen molar-refractivity contribution in [1.29, 1.82) is 0 Å². The summed E-state index contributed by atoms with van der Waals surface area (Å²) in [5.41, 5.74) is -0.307. The first-order chi connectivity index (χ1) is 16.6. The largest absolute Gasteiger partial charge is 0.404 e. The molecule has 2 aliphatic carbocycles. The number of nitrogens with one attached hydrogen (secondary N) is 2. The summed E-state index contributed by atoms with van der Waals surface area (Å²) in [7, 11) is -4.57. The number of nitrogens with zero attached hydrogens (tertiary/aromatic N) is 1. The summed E-state index contributed by atoms with van der Waals surface area (Å²) in [4.78, 5) is 17.2. The van der Waals surface area contributed by atoms with Crippen LogP contribution in [-0.2, 0) is 10.0 Å². The maximum atomic E-state index is 16.0. The van der Waals surface area contributed by atoms with Crippen molar-refractivity contribution in [3.05, 3.63) is 34.5 Å². The topological polar surface area (TPSA) is 108 Å². The molecule has 4 rings (SSSR count). The molecule has 0 saturated heterocycles. The number of sulfonamides is 1. The zero-order valence-electron chi connectivity index (χ0n) is 19.8. The van der Waals surface area contributed by atoms with Crippen molar-refractivity contribution in [2.24, 2.45) is 5.92 Å². The van der Waals surface area contributed by atoms with Gasteiger partial charge in [-0.2, -0.15) is 17.9 Å². The van der Waals surface area contributed by atoms with Gasteiger partial charge in [0.25, 0.3) is 5.91 Å². The molecule has 0 radical (unpaired) electrons. The molecule has 3 atom stereocenters. The van der Waals surface area contributed by atoms with Crippen LogP contribution in [0.1, 0.15) is 73.2 Å². The highest BCUT2D eigenvalue weighted by Crippen LogP contribution is 2.56. The van der Waals surface area contributed by atoms with E-state index in [0.717, 1.165) is 42.7 Å². The predicted molar refractivity (Wildman–Crippen MR) is 126 cm³/mol. The van der Waals surface area contributed by atoms with Crippen LogP contribution in [0.15, 0.2) is 23.1 Å². The van der Waals surface area contributed by atoms with E-state index in [-0.39, 0.29) is 23.0 Å². The van der Waals surface area contributed by atoms with Gasteiger partial charge in [-0.3, -0.25) is 4.79 Å². The molecule has 2 aromatic rings. The smallest absolute Gasteiger partial charge is 0.389 e. The van der Waals surface area contributed by atoms with E-state index in [1.165, 1.54) is 19.9 Å². The van der Waals surface area contributed by atoms with Crippen LogP contribution in [0.4, 0.5) is 17.6 Å². The summed E-state index contributed by atoms with van der Waals surface area (Å²) in [6.45, 7) is 3.74. The SMILES string of the molecule is CC(NS(=O)(=O)c1ccc2c(c1)C(F)C(C1CCC1)c1nc(C(=O)NCC(C)(C)O)sc1-2)C(F)(F)F. The van der Waals surface area contributed by atoms with E-state index < -0.39 is 50.7 Å². The Labute approximate surface area is 210 Å². The number of hydrogen-bond acceptors (Lipinski definition) is 6. The van der Waals surface area contributed by atoms with Crippen molar-refractivity contribution < 1.29 is 35.9 Å². The van der Waals surface area contributed by atoms with Gasteiger partial charge in [-0.25, -0.2) is 17.8 Å². The minimum atomic E-state index is -4.78. The number of aliphatic hydroxyl groups is 1. The molecule has 198 valence electrons. The van der Waals surface area contributed by atoms with Gasteiger partial charge >= 0.3 is 6.18 Å². The van der Waals surface area contributed by atoms with Crippen molar-refractivity contribution in [2.45, 2.75) is 74.8 Å². The maximum Gasteiger partial charge on any atom is 0.404 e. The summed E-state index contributed by atoms with van der Waals surface area (Å²) in [6, 6.07) is 1.23. The van der Waals surface area contributed by atoms with Gasteiger partial charge < -0.3 is 10.4 Å². The predicted octanol–water partition coefficient (Wildman–Crippen LogP) is 4.45. The number of amides is 1. The van der Waals surface area contributed by atoms with Crippen molar-refractivity contribution in [3.8, 4) is 10.4 Å². The number of benzene rings is 1. The Morgan fingerprint density at radius 2 is 1.94 bits per heavy atom. The fraction of sp³-hybridized carbons (Fsp3) is 0.565. The molecule has 3 unspecified atom stereocenters. The van der Waals surface area contributed by atoms with Gasteiger partial charge in [-0.1, -0.05) is 12.5 Å². The highest BCUT2D eigenvalue weighted by atomic mass is 32.2. The molecule has 36 heavy (non-hydrogen) atoms. The molecule has 2 aliphatic rings. The number of aromatic nitrogens is 1. The van der Waals surface area contributed by atoms with E-state index >= 15 is 4.39 Å². The lowest BCUT2D eigenvalue weighted by atomic mass is 9.68. The fourth-order valence-electron chi connectivity index (χ4n) is 4.32. The summed E-state index contributed by atoms with van der Waals surface area (Å²) in [5, 5.41) is 12.6. The van der Waals surface area contributed by atoms with Crippen LogP contribution in [-0.4, -0.2) is 48.8 Å². The fourth-order valence-corrected chi connectivity index (χ4v) is 6.67. The Morgan fingerprint density at radius 3 is 2.50 bits per heavy atom. The van der Waals surface area contributed by atoms with Gasteiger partial charge in [-0.05, 0) is 62.8 Å². The zero-order chi connectivity index (χ0) is 26.6. The monoisotopic (exact) mass is 549 g/mol. The average molecular weight is 550 g/mol. The molecular weight excluding hydrogens is 522 g/mol. The van der Waals surface area contributed by atoms with Crippen LogP contribution in [0.25, 0.3) is 10.4 Å². The molecule has 1 aromatic heterocycles. The first-order valence-corrected chi connectivity index (χ1v) is 13.8. The normalized spacial score (nSPS) is 21.3. The minimum absolute atomic E-state index is 0.0188. The van der Waals surface area contributed by atoms with Crippen LogP contribution in [0.3, 0.4) is 0 Å². The van der Waals surface area contributed by atoms with Crippen LogP contribution < -0.4 is 10.0 Å². The van der Waals surface area contributed by atoms with E-state index in [9.17, 15) is 31.5 Å². The van der Waals surface area contributed by atoms with E-state index in [4.69, 9.17) is 0 Å². The third-order valence-corrected chi connectivity index (χ3v) is 9.16. The Kier molecular flexibility index (Phi) is 6.99. The van der Waals surface area contributed by atoms with Crippen LogP contribution >= 0.6 is 11.3 Å². The van der Waals surface area contributed by atoms with E-state index in [1.54, 1.807) is 4.72 Å². The van der Waals surface area contributed by atoms with Gasteiger partial charge in [0.1, 0.15) is 12.2 Å². The van der Waals surface area contributed by atoms with Crippen LogP contribution in [0, 0.1) is 5.92 Å². The van der Waals surface area contributed by atoms with Gasteiger partial charge in [0.15, 0.2) is 5.01 Å². The number of alkyl halides is 4. The molecule has 0 aliphatic heterocycles. The number of thiazole rings is 1. The summed E-state index contributed by atoms with van der Waals surface area (Å²) in [6.07, 6.45) is -4.01. The second-order valence-corrected chi connectivity index (χ2v) is 12.7. The molecular formula is C23H27F4N3O4S2. The van der Waals surface area contributed by atoms with E-state index in [2.05, 4.69) is 10.3 Å². The Bertz CT molecular complexity index is 1270. The van der Waals surface area contributed by atoms with E-state index in [0.29, 0.717) is 23.1 Å². The van der Waals surface area contributed by atoms with Crippen molar-refractivity contribution >= 4 is 27.3 Å². The minimum Gasteiger partial charge on any atom is -0.389 e. The van der Waals surface area contributed by atoms with Gasteiger partial charge in [0.2, 0.25) is 10.0 Å². The van der Waals surface area contributed by atoms with E-state index in [1.807, 2.05) is 0 Å². The number of rotatable bonds is 7. The molecule has 1 fully saturated rings. The number of carbonyl (C=O) groups excluding carboxylic acids is 1. The third kappa shape index (κ3) is 5.29. The van der Waals surface area contributed by atoms with Gasteiger partial charge in [0.05, 0.1) is 21.1 Å². The second-order valence-electron chi connectivity index (χ2n) is 9.98. The Balaban J connectivity index is 1.73. The Hall–Kier alpha value is -2.09. The lowest BCUT2D eigenvalue weighted by Crippen LogP contribution is -2.43. The first-order valence-electron chi connectivity index (χ1n) is 11.5. The first kappa shape index (κ1) is 27.0. The number of halogens is 4. The highest BCUT2D eigenvalue weighted by Gasteiger charge is 2.44. The summed E-state index contributed by atoms with van der Waals surface area (Å²) in [5.74, 6) is -1.27. The molecule has 1 aromatic carbocycles. The molecule has 13 heteroatoms. The third-order valence-electron chi connectivity index (χ3n) is 6.52. The van der Waals surface area contributed by atoms with Crippen LogP contribution in [0.5, 0.6) is 0 Å². The van der Waals surface area contributed by atoms with Crippen molar-refractivity contribution in [3.63, 3.8) is 0 Å². The lowest BCUT2D eigenvalue weighted by molar-refractivity contribution is -0.147. The van der Waals surface area contributed by atoms with Gasteiger partial charge in [0, 0.05) is 12.5 Å². The Morgan fingerprint density at radius 1 is 1.28 bits per heavy atom. The van der Waals surface area contributed by atoms with Crippen LogP contribution in [0.2, 0.25) is 0 Å². The average Bonchev–Trinajstić information content (AvgIpc) is 3.17. The second kappa shape index (κ2) is 9.34. The quantitative estimate of drug-likeness (QED) is 0.443. The number of fused-ring (bicyclic) bond motifs is 3. The number of hydrogen-bond donors (Lipinski definition) is 3. The number of carbonyl (C=O) groups is 1. The molecule has 0 bridgehead atoms. The van der Waals surface area contributed by atoms with Crippen molar-refractivity contribution in [1.82, 2.24) is 15.0 Å². The molecule has 1 heterocycles. The van der Waals surface area contributed by atoms with Crippen molar-refractivity contribution in [2.75, 3.05) is 6.54 Å². The molecule has 3 N–H and O–H groups in total. The molecule has 1 saturated carbocycles. The summed E-state index contributed by atoms with van der Waals surface area (Å²) < 4.78 is 81.6. The zero-order valence-corrected chi connectivity index (χ0v) is 21.5. The highest BCUT2D eigenvalue weighted by molar-refractivity contribution is 7.89. The van der Waals surface area contributed by atoms with Gasteiger partial charge in [-0.15, -0.1) is 11.3 Å². The summed E-state index contributed by atoms with van der Waals surface area (Å²) >= 11 is 1.04. The standard InChI is InChI=1S/C23H27F4N3O4S2/c1-11(23(25,26)27)30-36(33,34)13-7-8-14-15(9-13)17(24)16(12-5-4-6-12)18-19(14)35-21(29-18)20(31)28-10-22(2,3)32/h7-9,11-12,16-17,30,32H,4-6,10H2,1-3H3,(H,28,31).